The van der Waals surface area contributed by atoms with Gasteiger partial charge in [-0.15, -0.1) is 0 Å². The van der Waals surface area contributed by atoms with Crippen LogP contribution in [-0.4, -0.2) is 38.4 Å². The molecule has 1 saturated heterocycles. The van der Waals surface area contributed by atoms with Gasteiger partial charge in [0.15, 0.2) is 11.5 Å². The predicted molar refractivity (Wildman–Crippen MR) is 111 cm³/mol. The van der Waals surface area contributed by atoms with E-state index in [9.17, 15) is 0 Å². The van der Waals surface area contributed by atoms with Crippen LogP contribution in [0.3, 0.4) is 0 Å². The number of nitrogens with one attached hydrogen (secondary N) is 2. The number of piperidine rings is 1. The van der Waals surface area contributed by atoms with Crippen LogP contribution in [0, 0.1) is 0 Å². The number of aromatic nitrogens is 1. The molecule has 1 aliphatic rings. The maximum atomic E-state index is 6.17. The lowest BCUT2D eigenvalue weighted by atomic mass is 10.1. The van der Waals surface area contributed by atoms with Crippen molar-refractivity contribution in [2.45, 2.75) is 18.9 Å². The number of benzene rings is 2. The molecule has 0 aliphatic carbocycles. The lowest BCUT2D eigenvalue weighted by molar-refractivity contribution is 0.162. The first-order chi connectivity index (χ1) is 13.7. The van der Waals surface area contributed by atoms with Gasteiger partial charge in [-0.3, -0.25) is 0 Å². The Labute approximate surface area is 164 Å². The van der Waals surface area contributed by atoms with E-state index in [1.54, 1.807) is 14.2 Å². The molecule has 2 N–H and O–H groups in total. The van der Waals surface area contributed by atoms with Crippen molar-refractivity contribution in [1.29, 1.82) is 0 Å². The van der Waals surface area contributed by atoms with E-state index in [0.29, 0.717) is 11.5 Å². The molecule has 0 radical (unpaired) electrons. The van der Waals surface area contributed by atoms with Crippen LogP contribution in [-0.2, 0) is 0 Å². The average molecular weight is 379 g/mol. The normalized spacial score (nSPS) is 14.6. The van der Waals surface area contributed by atoms with Gasteiger partial charge in [0.25, 0.3) is 0 Å². The summed E-state index contributed by atoms with van der Waals surface area (Å²) in [5, 5.41) is 8.86. The second kappa shape index (κ2) is 8.35. The number of methoxy groups -OCH3 is 2. The van der Waals surface area contributed by atoms with Crippen molar-refractivity contribution >= 4 is 22.3 Å². The minimum absolute atomic E-state index is 0.282. The van der Waals surface area contributed by atoms with Crippen molar-refractivity contribution in [1.82, 2.24) is 10.3 Å². The summed E-state index contributed by atoms with van der Waals surface area (Å²) in [4.78, 5) is 4.51. The largest absolute Gasteiger partial charge is 0.493 e. The maximum absolute atomic E-state index is 6.17. The van der Waals surface area contributed by atoms with Crippen molar-refractivity contribution in [2.24, 2.45) is 0 Å². The van der Waals surface area contributed by atoms with Gasteiger partial charge in [0.05, 0.1) is 14.2 Å². The van der Waals surface area contributed by atoms with E-state index >= 15 is 0 Å². The van der Waals surface area contributed by atoms with Crippen LogP contribution in [0.15, 0.2) is 48.7 Å². The van der Waals surface area contributed by atoms with Gasteiger partial charge < -0.3 is 24.8 Å². The third kappa shape index (κ3) is 4.12. The van der Waals surface area contributed by atoms with Crippen LogP contribution in [0.2, 0.25) is 0 Å². The summed E-state index contributed by atoms with van der Waals surface area (Å²) in [6, 6.07) is 13.9. The van der Waals surface area contributed by atoms with E-state index in [-0.39, 0.29) is 6.10 Å². The summed E-state index contributed by atoms with van der Waals surface area (Å²) in [6.45, 7) is 2.03. The fourth-order valence-corrected chi connectivity index (χ4v) is 3.43. The highest BCUT2D eigenvalue weighted by atomic mass is 16.5. The van der Waals surface area contributed by atoms with Gasteiger partial charge in [-0.2, -0.15) is 0 Å². The molecule has 4 rings (SSSR count). The van der Waals surface area contributed by atoms with Gasteiger partial charge >= 0.3 is 0 Å². The molecule has 6 nitrogen and oxygen atoms in total. The Balaban J connectivity index is 1.54. The summed E-state index contributed by atoms with van der Waals surface area (Å²) in [5.74, 6) is 3.03. The number of rotatable bonds is 6. The Bertz CT molecular complexity index is 955. The lowest BCUT2D eigenvalue weighted by Gasteiger charge is -2.24. The molecule has 2 heterocycles. The van der Waals surface area contributed by atoms with Crippen molar-refractivity contribution < 1.29 is 14.2 Å². The molecule has 0 bridgehead atoms. The summed E-state index contributed by atoms with van der Waals surface area (Å²) < 4.78 is 16.8. The quantitative estimate of drug-likeness (QED) is 0.672. The Morgan fingerprint density at radius 3 is 2.54 bits per heavy atom. The predicted octanol–water partition coefficient (Wildman–Crippen LogP) is 4.13. The second-order valence-electron chi connectivity index (χ2n) is 6.84. The smallest absolute Gasteiger partial charge is 0.162 e. The summed E-state index contributed by atoms with van der Waals surface area (Å²) in [6.07, 6.45) is 4.23. The Morgan fingerprint density at radius 1 is 0.929 bits per heavy atom. The van der Waals surface area contributed by atoms with Crippen molar-refractivity contribution in [2.75, 3.05) is 32.6 Å². The highest BCUT2D eigenvalue weighted by molar-refractivity contribution is 5.86. The van der Waals surface area contributed by atoms with Crippen molar-refractivity contribution in [3.8, 4) is 17.2 Å². The SMILES string of the molecule is COc1ccc(Nc2cc3cc(OC4CCNCC4)ccc3cn2)cc1OC. The van der Waals surface area contributed by atoms with E-state index in [4.69, 9.17) is 14.2 Å². The topological polar surface area (TPSA) is 64.6 Å². The molecule has 1 fully saturated rings. The molecular weight excluding hydrogens is 354 g/mol. The minimum Gasteiger partial charge on any atom is -0.493 e. The van der Waals surface area contributed by atoms with Crippen molar-refractivity contribution in [3.05, 3.63) is 48.7 Å². The molecule has 0 saturated carbocycles. The first-order valence-electron chi connectivity index (χ1n) is 9.51. The number of fused-ring (bicyclic) bond motifs is 1. The first-order valence-corrected chi connectivity index (χ1v) is 9.51. The zero-order valence-electron chi connectivity index (χ0n) is 16.2. The van der Waals surface area contributed by atoms with E-state index in [0.717, 1.165) is 54.0 Å². The van der Waals surface area contributed by atoms with Crippen LogP contribution in [0.1, 0.15) is 12.8 Å². The molecule has 1 aromatic heterocycles. The summed E-state index contributed by atoms with van der Waals surface area (Å²) >= 11 is 0. The first kappa shape index (κ1) is 18.4. The molecule has 0 amide bonds. The molecule has 146 valence electrons. The summed E-state index contributed by atoms with van der Waals surface area (Å²) in [5.41, 5.74) is 0.881. The van der Waals surface area contributed by atoms with E-state index < -0.39 is 0 Å². The monoisotopic (exact) mass is 379 g/mol. The Morgan fingerprint density at radius 2 is 1.75 bits per heavy atom. The number of pyridine rings is 1. The molecule has 0 spiro atoms. The highest BCUT2D eigenvalue weighted by Crippen LogP contribution is 2.31. The maximum Gasteiger partial charge on any atom is 0.162 e. The zero-order valence-corrected chi connectivity index (χ0v) is 16.2. The van der Waals surface area contributed by atoms with Gasteiger partial charge in [-0.05, 0) is 67.7 Å². The fraction of sp³-hybridized carbons (Fsp3) is 0.318. The highest BCUT2D eigenvalue weighted by Gasteiger charge is 2.14. The number of nitrogens with zero attached hydrogens (tertiary/aromatic N) is 1. The molecule has 28 heavy (non-hydrogen) atoms. The number of anilines is 2. The van der Waals surface area contributed by atoms with Gasteiger partial charge in [-0.1, -0.05) is 0 Å². The van der Waals surface area contributed by atoms with E-state index in [2.05, 4.69) is 27.8 Å². The van der Waals surface area contributed by atoms with E-state index in [1.165, 1.54) is 0 Å². The van der Waals surface area contributed by atoms with Crippen LogP contribution >= 0.6 is 0 Å². The minimum atomic E-state index is 0.282. The average Bonchev–Trinajstić information content (AvgIpc) is 2.74. The van der Waals surface area contributed by atoms with Crippen LogP contribution < -0.4 is 24.8 Å². The van der Waals surface area contributed by atoms with E-state index in [1.807, 2.05) is 36.5 Å². The van der Waals surface area contributed by atoms with Crippen LogP contribution in [0.25, 0.3) is 10.8 Å². The Kier molecular flexibility index (Phi) is 5.48. The second-order valence-corrected chi connectivity index (χ2v) is 6.84. The third-order valence-electron chi connectivity index (χ3n) is 4.94. The van der Waals surface area contributed by atoms with Gasteiger partial charge in [0.2, 0.25) is 0 Å². The fourth-order valence-electron chi connectivity index (χ4n) is 3.43. The third-order valence-corrected chi connectivity index (χ3v) is 4.94. The molecule has 2 aromatic carbocycles. The molecule has 0 atom stereocenters. The Hall–Kier alpha value is -2.99. The van der Waals surface area contributed by atoms with Gasteiger partial charge in [0, 0.05) is 23.3 Å². The number of hydrogen-bond donors (Lipinski definition) is 2. The van der Waals surface area contributed by atoms with Gasteiger partial charge in [-0.25, -0.2) is 4.98 Å². The number of ether oxygens (including phenoxy) is 3. The molecule has 3 aromatic rings. The van der Waals surface area contributed by atoms with Crippen LogP contribution in [0.4, 0.5) is 11.5 Å². The van der Waals surface area contributed by atoms with Crippen molar-refractivity contribution in [3.63, 3.8) is 0 Å². The van der Waals surface area contributed by atoms with Gasteiger partial charge in [0.1, 0.15) is 17.7 Å². The molecule has 1 aliphatic heterocycles. The zero-order chi connectivity index (χ0) is 19.3. The standard InChI is InChI=1S/C22H25N3O3/c1-26-20-6-4-17(13-21(20)27-2)25-22-12-16-11-19(5-3-15(16)14-24-22)28-18-7-9-23-10-8-18/h3-6,11-14,18,23H,7-10H2,1-2H3,(H,24,25). The van der Waals surface area contributed by atoms with Crippen LogP contribution in [0.5, 0.6) is 17.2 Å². The molecule has 0 unspecified atom stereocenters. The number of hydrogen-bond acceptors (Lipinski definition) is 6. The lowest BCUT2D eigenvalue weighted by Crippen LogP contribution is -2.34. The summed E-state index contributed by atoms with van der Waals surface area (Å²) in [7, 11) is 3.25. The molecule has 6 heteroatoms. The molecular formula is C22H25N3O3.